The van der Waals surface area contributed by atoms with Crippen LogP contribution in [0, 0.1) is 0 Å². The number of benzene rings is 3. The van der Waals surface area contributed by atoms with Crippen molar-refractivity contribution >= 4 is 47.4 Å². The Morgan fingerprint density at radius 2 is 1.72 bits per heavy atom. The minimum atomic E-state index is -0.606. The number of nitrogens with zero attached hydrogens (tertiary/aromatic N) is 1. The van der Waals surface area contributed by atoms with Gasteiger partial charge in [-0.1, -0.05) is 23.7 Å². The minimum Gasteiger partial charge on any atom is -0.497 e. The third kappa shape index (κ3) is 7.67. The van der Waals surface area contributed by atoms with Gasteiger partial charge in [-0.3, -0.25) is 9.59 Å². The Balaban J connectivity index is 1.35. The summed E-state index contributed by atoms with van der Waals surface area (Å²) in [6.45, 7) is 0. The van der Waals surface area contributed by atoms with Crippen molar-refractivity contribution in [1.29, 1.82) is 0 Å². The molecular formula is C29H22ClN3O6. The highest BCUT2D eigenvalue weighted by atomic mass is 35.5. The van der Waals surface area contributed by atoms with Crippen molar-refractivity contribution in [2.75, 3.05) is 12.4 Å². The molecule has 0 atom stereocenters. The van der Waals surface area contributed by atoms with Gasteiger partial charge in [0, 0.05) is 27.9 Å². The van der Waals surface area contributed by atoms with Crippen LogP contribution in [-0.4, -0.2) is 31.1 Å². The molecule has 0 aliphatic rings. The number of carbonyl (C=O) groups excluding carboxylic acids is 3. The molecule has 2 N–H and O–H groups in total. The molecule has 0 saturated carbocycles. The van der Waals surface area contributed by atoms with Crippen LogP contribution in [0.5, 0.6) is 11.5 Å². The molecule has 0 bridgehead atoms. The van der Waals surface area contributed by atoms with Gasteiger partial charge in [0.25, 0.3) is 11.8 Å². The van der Waals surface area contributed by atoms with Crippen molar-refractivity contribution in [3.63, 3.8) is 0 Å². The fourth-order valence-corrected chi connectivity index (χ4v) is 3.45. The number of rotatable bonds is 9. The molecule has 196 valence electrons. The van der Waals surface area contributed by atoms with E-state index >= 15 is 0 Å². The SMILES string of the molecule is COc1ccc(/C=C/C(=O)Oc2ccc(Cl)cc2/C=N/NC(=O)c2ccc(NC(=O)c3ccco3)cc2)cc1. The number of methoxy groups -OCH3 is 1. The number of hydrogen-bond donors (Lipinski definition) is 2. The summed E-state index contributed by atoms with van der Waals surface area (Å²) in [5.74, 6) is -0.414. The molecule has 10 heteroatoms. The quantitative estimate of drug-likeness (QED) is 0.0935. The van der Waals surface area contributed by atoms with Gasteiger partial charge < -0.3 is 19.2 Å². The largest absolute Gasteiger partial charge is 0.497 e. The van der Waals surface area contributed by atoms with Crippen LogP contribution in [0.2, 0.25) is 5.02 Å². The third-order valence-electron chi connectivity index (χ3n) is 5.23. The number of halogens is 1. The van der Waals surface area contributed by atoms with Gasteiger partial charge in [0.05, 0.1) is 19.6 Å². The summed E-state index contributed by atoms with van der Waals surface area (Å²) < 4.78 is 15.6. The molecule has 0 fully saturated rings. The van der Waals surface area contributed by atoms with E-state index in [2.05, 4.69) is 15.8 Å². The zero-order valence-corrected chi connectivity index (χ0v) is 21.3. The van der Waals surface area contributed by atoms with Gasteiger partial charge in [0.1, 0.15) is 11.5 Å². The molecule has 0 aliphatic heterocycles. The molecule has 0 aliphatic carbocycles. The van der Waals surface area contributed by atoms with Gasteiger partial charge in [-0.2, -0.15) is 5.10 Å². The maximum absolute atomic E-state index is 12.5. The molecule has 9 nitrogen and oxygen atoms in total. The highest BCUT2D eigenvalue weighted by molar-refractivity contribution is 6.31. The van der Waals surface area contributed by atoms with E-state index in [9.17, 15) is 14.4 Å². The van der Waals surface area contributed by atoms with E-state index in [1.807, 2.05) is 0 Å². The van der Waals surface area contributed by atoms with E-state index in [4.69, 9.17) is 25.5 Å². The van der Waals surface area contributed by atoms with Crippen LogP contribution in [0.25, 0.3) is 6.08 Å². The van der Waals surface area contributed by atoms with E-state index in [0.717, 1.165) is 5.56 Å². The first kappa shape index (κ1) is 26.9. The van der Waals surface area contributed by atoms with E-state index in [1.165, 1.54) is 36.8 Å². The first-order chi connectivity index (χ1) is 18.9. The summed E-state index contributed by atoms with van der Waals surface area (Å²) in [4.78, 5) is 36.9. The van der Waals surface area contributed by atoms with Gasteiger partial charge >= 0.3 is 5.97 Å². The standard InChI is InChI=1S/C29H22ClN3O6/c1-37-24-12-4-19(5-13-24)6-15-27(34)39-25-14-9-22(30)17-21(25)18-31-33-28(35)20-7-10-23(11-8-20)32-29(36)26-3-2-16-38-26/h2-18H,1H3,(H,32,36)(H,33,35)/b15-6+,31-18+. The summed E-state index contributed by atoms with van der Waals surface area (Å²) in [6, 6.07) is 21.2. The van der Waals surface area contributed by atoms with E-state index in [0.29, 0.717) is 27.6 Å². The van der Waals surface area contributed by atoms with E-state index in [-0.39, 0.29) is 11.5 Å². The number of carbonyl (C=O) groups is 3. The zero-order valence-electron chi connectivity index (χ0n) is 20.6. The lowest BCUT2D eigenvalue weighted by Crippen LogP contribution is -2.18. The Morgan fingerprint density at radius 3 is 2.41 bits per heavy atom. The van der Waals surface area contributed by atoms with Crippen LogP contribution >= 0.6 is 11.6 Å². The molecule has 0 radical (unpaired) electrons. The maximum Gasteiger partial charge on any atom is 0.336 e. The summed E-state index contributed by atoms with van der Waals surface area (Å²) in [5.41, 5.74) is 4.38. The van der Waals surface area contributed by atoms with Crippen LogP contribution < -0.4 is 20.2 Å². The van der Waals surface area contributed by atoms with Crippen LogP contribution in [0.1, 0.15) is 32.0 Å². The molecule has 0 saturated heterocycles. The number of nitrogens with one attached hydrogen (secondary N) is 2. The van der Waals surface area contributed by atoms with Crippen molar-refractivity contribution < 1.29 is 28.3 Å². The first-order valence-corrected chi connectivity index (χ1v) is 11.9. The fraction of sp³-hybridized carbons (Fsp3) is 0.0345. The zero-order chi connectivity index (χ0) is 27.6. The molecule has 1 aromatic heterocycles. The number of esters is 1. The monoisotopic (exact) mass is 543 g/mol. The minimum absolute atomic E-state index is 0.172. The topological polar surface area (TPSA) is 119 Å². The van der Waals surface area contributed by atoms with Crippen LogP contribution in [0.15, 0.2) is 101 Å². The normalized spacial score (nSPS) is 10.9. The fourth-order valence-electron chi connectivity index (χ4n) is 3.27. The van der Waals surface area contributed by atoms with Crippen LogP contribution in [-0.2, 0) is 4.79 Å². The number of anilines is 1. The molecule has 3 aromatic carbocycles. The van der Waals surface area contributed by atoms with Crippen molar-refractivity contribution in [2.24, 2.45) is 5.10 Å². The molecule has 4 aromatic rings. The molecule has 2 amide bonds. The van der Waals surface area contributed by atoms with Crippen molar-refractivity contribution in [3.05, 3.63) is 119 Å². The lowest BCUT2D eigenvalue weighted by atomic mass is 10.2. The van der Waals surface area contributed by atoms with Crippen molar-refractivity contribution in [3.8, 4) is 11.5 Å². The van der Waals surface area contributed by atoms with Gasteiger partial charge in [-0.05, 0) is 78.4 Å². The Bertz CT molecular complexity index is 1510. The second-order valence-electron chi connectivity index (χ2n) is 7.92. The smallest absolute Gasteiger partial charge is 0.336 e. The Hall–Kier alpha value is -5.15. The molecule has 1 heterocycles. The summed E-state index contributed by atoms with van der Waals surface area (Å²) in [6.07, 6.45) is 5.62. The average Bonchev–Trinajstić information content (AvgIpc) is 3.49. The third-order valence-corrected chi connectivity index (χ3v) is 5.46. The molecule has 4 rings (SSSR count). The molecular weight excluding hydrogens is 522 g/mol. The maximum atomic E-state index is 12.5. The molecule has 0 spiro atoms. The van der Waals surface area contributed by atoms with Gasteiger partial charge in [-0.15, -0.1) is 0 Å². The number of ether oxygens (including phenoxy) is 2. The Labute approximate surface area is 228 Å². The van der Waals surface area contributed by atoms with Crippen molar-refractivity contribution in [2.45, 2.75) is 0 Å². The Kier molecular flexibility index (Phi) is 8.89. The van der Waals surface area contributed by atoms with E-state index < -0.39 is 17.8 Å². The summed E-state index contributed by atoms with van der Waals surface area (Å²) >= 11 is 6.09. The second kappa shape index (κ2) is 12.9. The lowest BCUT2D eigenvalue weighted by molar-refractivity contribution is -0.128. The first-order valence-electron chi connectivity index (χ1n) is 11.5. The summed E-state index contributed by atoms with van der Waals surface area (Å²) in [7, 11) is 1.57. The highest BCUT2D eigenvalue weighted by Gasteiger charge is 2.11. The number of hydrazone groups is 1. The van der Waals surface area contributed by atoms with Gasteiger partial charge in [-0.25, -0.2) is 10.2 Å². The van der Waals surface area contributed by atoms with Gasteiger partial charge in [0.15, 0.2) is 5.76 Å². The summed E-state index contributed by atoms with van der Waals surface area (Å²) in [5, 5.41) is 7.01. The number of furan rings is 1. The van der Waals surface area contributed by atoms with Crippen LogP contribution in [0.4, 0.5) is 5.69 Å². The molecule has 0 unspecified atom stereocenters. The number of amides is 2. The van der Waals surface area contributed by atoms with Crippen molar-refractivity contribution in [1.82, 2.24) is 5.43 Å². The Morgan fingerprint density at radius 1 is 0.949 bits per heavy atom. The second-order valence-corrected chi connectivity index (χ2v) is 8.35. The predicted octanol–water partition coefficient (Wildman–Crippen LogP) is 5.58. The molecule has 39 heavy (non-hydrogen) atoms. The predicted molar refractivity (Wildman–Crippen MR) is 147 cm³/mol. The lowest BCUT2D eigenvalue weighted by Gasteiger charge is -2.07. The number of hydrogen-bond acceptors (Lipinski definition) is 7. The average molecular weight is 544 g/mol. The van der Waals surface area contributed by atoms with E-state index in [1.54, 1.807) is 73.8 Å². The highest BCUT2D eigenvalue weighted by Crippen LogP contribution is 2.22. The van der Waals surface area contributed by atoms with Gasteiger partial charge in [0.2, 0.25) is 0 Å². The van der Waals surface area contributed by atoms with Crippen LogP contribution in [0.3, 0.4) is 0 Å².